The molecule has 1 aliphatic heterocycles. The summed E-state index contributed by atoms with van der Waals surface area (Å²) in [6.45, 7) is 11.5. The first-order chi connectivity index (χ1) is 15.3. The smallest absolute Gasteiger partial charge is 0.252 e. The molecule has 0 spiro atoms. The van der Waals surface area contributed by atoms with Gasteiger partial charge in [-0.3, -0.25) is 14.4 Å². The maximum absolute atomic E-state index is 13.3. The highest BCUT2D eigenvalue weighted by Crippen LogP contribution is 2.17. The molecule has 0 radical (unpaired) electrons. The minimum Gasteiger partial charge on any atom is -0.340 e. The van der Waals surface area contributed by atoms with Gasteiger partial charge in [0.15, 0.2) is 0 Å². The Balaban J connectivity index is 1.93. The lowest BCUT2D eigenvalue weighted by molar-refractivity contribution is -0.144. The van der Waals surface area contributed by atoms with Crippen molar-refractivity contribution < 1.29 is 14.4 Å². The minimum atomic E-state index is -0.588. The Morgan fingerprint density at radius 3 is 2.38 bits per heavy atom. The van der Waals surface area contributed by atoms with Crippen LogP contribution in [-0.4, -0.2) is 59.2 Å². The van der Waals surface area contributed by atoms with Crippen LogP contribution in [0.5, 0.6) is 0 Å². The van der Waals surface area contributed by atoms with Crippen LogP contribution in [0, 0.1) is 12.8 Å². The summed E-state index contributed by atoms with van der Waals surface area (Å²) in [5.74, 6) is -0.136. The molecule has 0 aliphatic carbocycles. The van der Waals surface area contributed by atoms with E-state index in [1.807, 2.05) is 50.8 Å². The molecule has 2 unspecified atom stereocenters. The van der Waals surface area contributed by atoms with Crippen LogP contribution in [0.1, 0.15) is 82.1 Å². The first kappa shape index (κ1) is 25.9. The maximum Gasteiger partial charge on any atom is 0.252 e. The number of hydrogen-bond acceptors (Lipinski definition) is 3. The fourth-order valence-corrected chi connectivity index (χ4v) is 4.31. The Hall–Kier alpha value is -2.37. The molecule has 1 N–H and O–H groups in total. The summed E-state index contributed by atoms with van der Waals surface area (Å²) in [6.07, 6.45) is 6.23. The highest BCUT2D eigenvalue weighted by atomic mass is 16.2. The standard InChI is InChI=1S/C26H41N3O3/c1-6-7-8-9-10-15-23(30)29-17-16-28(18-21(29)5)26(32)24(19(2)3)27-25(31)22-14-12-11-13-20(22)4/h11-14,19,21,24H,6-10,15-18H2,1-5H3,(H,27,31). The van der Waals surface area contributed by atoms with Crippen molar-refractivity contribution in [2.24, 2.45) is 5.92 Å². The molecule has 1 heterocycles. The van der Waals surface area contributed by atoms with Crippen molar-refractivity contribution in [1.29, 1.82) is 0 Å². The summed E-state index contributed by atoms with van der Waals surface area (Å²) in [5, 5.41) is 2.95. The summed E-state index contributed by atoms with van der Waals surface area (Å²) in [6, 6.07) is 6.79. The number of unbranched alkanes of at least 4 members (excludes halogenated alkanes) is 4. The predicted octanol–water partition coefficient (Wildman–Crippen LogP) is 4.17. The Bertz CT molecular complexity index is 777. The normalized spacial score (nSPS) is 17.4. The number of carbonyl (C=O) groups excluding carboxylic acids is 3. The zero-order valence-corrected chi connectivity index (χ0v) is 20.5. The second kappa shape index (κ2) is 12.6. The number of nitrogens with one attached hydrogen (secondary N) is 1. The molecule has 3 amide bonds. The number of carbonyl (C=O) groups is 3. The molecule has 0 bridgehead atoms. The Morgan fingerprint density at radius 2 is 1.75 bits per heavy atom. The van der Waals surface area contributed by atoms with Crippen LogP contribution in [0.2, 0.25) is 0 Å². The van der Waals surface area contributed by atoms with Gasteiger partial charge in [-0.15, -0.1) is 0 Å². The summed E-state index contributed by atoms with van der Waals surface area (Å²) in [5.41, 5.74) is 1.48. The second-order valence-corrected chi connectivity index (χ2v) is 9.39. The zero-order valence-electron chi connectivity index (χ0n) is 20.5. The van der Waals surface area contributed by atoms with Gasteiger partial charge in [-0.2, -0.15) is 0 Å². The largest absolute Gasteiger partial charge is 0.340 e. The molecule has 1 aromatic rings. The average molecular weight is 444 g/mol. The fraction of sp³-hybridized carbons (Fsp3) is 0.654. The lowest BCUT2D eigenvalue weighted by atomic mass is 10.00. The number of piperazine rings is 1. The predicted molar refractivity (Wildman–Crippen MR) is 128 cm³/mol. The molecule has 2 atom stereocenters. The van der Waals surface area contributed by atoms with Crippen LogP contribution < -0.4 is 5.32 Å². The van der Waals surface area contributed by atoms with Gasteiger partial charge in [0.25, 0.3) is 5.91 Å². The lowest BCUT2D eigenvalue weighted by Crippen LogP contribution is -2.59. The number of aryl methyl sites for hydroxylation is 1. The van der Waals surface area contributed by atoms with E-state index in [4.69, 9.17) is 0 Å². The van der Waals surface area contributed by atoms with Gasteiger partial charge >= 0.3 is 0 Å². The van der Waals surface area contributed by atoms with E-state index < -0.39 is 6.04 Å². The first-order valence-electron chi connectivity index (χ1n) is 12.2. The number of hydrogen-bond donors (Lipinski definition) is 1. The van der Waals surface area contributed by atoms with E-state index >= 15 is 0 Å². The molecule has 6 heteroatoms. The van der Waals surface area contributed by atoms with Crippen LogP contribution >= 0.6 is 0 Å². The van der Waals surface area contributed by atoms with E-state index in [-0.39, 0.29) is 29.7 Å². The Morgan fingerprint density at radius 1 is 1.06 bits per heavy atom. The van der Waals surface area contributed by atoms with Gasteiger partial charge in [0, 0.05) is 37.7 Å². The third-order valence-electron chi connectivity index (χ3n) is 6.36. The number of benzene rings is 1. The van der Waals surface area contributed by atoms with E-state index in [0.29, 0.717) is 31.6 Å². The van der Waals surface area contributed by atoms with Crippen molar-refractivity contribution in [1.82, 2.24) is 15.1 Å². The minimum absolute atomic E-state index is 0.0178. The molecule has 178 valence electrons. The Kier molecular flexibility index (Phi) is 10.2. The van der Waals surface area contributed by atoms with Gasteiger partial charge in [0.05, 0.1) is 0 Å². The molecule has 1 saturated heterocycles. The number of amides is 3. The zero-order chi connectivity index (χ0) is 23.7. The van der Waals surface area contributed by atoms with E-state index in [1.54, 1.807) is 11.0 Å². The quantitative estimate of drug-likeness (QED) is 0.552. The highest BCUT2D eigenvalue weighted by molar-refractivity contribution is 5.98. The fourth-order valence-electron chi connectivity index (χ4n) is 4.31. The van der Waals surface area contributed by atoms with Crippen molar-refractivity contribution in [3.8, 4) is 0 Å². The third kappa shape index (κ3) is 7.07. The summed E-state index contributed by atoms with van der Waals surface area (Å²) in [4.78, 5) is 42.5. The van der Waals surface area contributed by atoms with Crippen molar-refractivity contribution in [2.45, 2.75) is 85.2 Å². The number of nitrogens with zero attached hydrogens (tertiary/aromatic N) is 2. The SMILES string of the molecule is CCCCCCCC(=O)N1CCN(C(=O)C(NC(=O)c2ccccc2C)C(C)C)CC1C. The summed E-state index contributed by atoms with van der Waals surface area (Å²) in [7, 11) is 0. The second-order valence-electron chi connectivity index (χ2n) is 9.39. The van der Waals surface area contributed by atoms with E-state index in [9.17, 15) is 14.4 Å². The monoisotopic (exact) mass is 443 g/mol. The topological polar surface area (TPSA) is 69.7 Å². The molecule has 32 heavy (non-hydrogen) atoms. The average Bonchev–Trinajstić information content (AvgIpc) is 2.76. The van der Waals surface area contributed by atoms with Crippen LogP contribution in [0.4, 0.5) is 0 Å². The third-order valence-corrected chi connectivity index (χ3v) is 6.36. The van der Waals surface area contributed by atoms with Gasteiger partial charge in [0.2, 0.25) is 11.8 Å². The van der Waals surface area contributed by atoms with Crippen LogP contribution in [0.15, 0.2) is 24.3 Å². The van der Waals surface area contributed by atoms with Crippen molar-refractivity contribution in [3.63, 3.8) is 0 Å². The molecule has 1 fully saturated rings. The lowest BCUT2D eigenvalue weighted by Gasteiger charge is -2.41. The molecule has 2 rings (SSSR count). The van der Waals surface area contributed by atoms with Gasteiger partial charge < -0.3 is 15.1 Å². The Labute approximate surface area is 193 Å². The summed E-state index contributed by atoms with van der Waals surface area (Å²) >= 11 is 0. The van der Waals surface area contributed by atoms with Crippen molar-refractivity contribution >= 4 is 17.7 Å². The van der Waals surface area contributed by atoms with Gasteiger partial charge in [0.1, 0.15) is 6.04 Å². The summed E-state index contributed by atoms with van der Waals surface area (Å²) < 4.78 is 0. The van der Waals surface area contributed by atoms with E-state index in [2.05, 4.69) is 12.2 Å². The molecule has 0 saturated carbocycles. The van der Waals surface area contributed by atoms with E-state index in [1.165, 1.54) is 19.3 Å². The van der Waals surface area contributed by atoms with Crippen LogP contribution in [0.25, 0.3) is 0 Å². The molecule has 0 aromatic heterocycles. The van der Waals surface area contributed by atoms with Crippen LogP contribution in [0.3, 0.4) is 0 Å². The van der Waals surface area contributed by atoms with Crippen LogP contribution in [-0.2, 0) is 9.59 Å². The first-order valence-corrected chi connectivity index (χ1v) is 12.2. The highest BCUT2D eigenvalue weighted by Gasteiger charge is 2.34. The van der Waals surface area contributed by atoms with Gasteiger partial charge in [-0.1, -0.05) is 64.7 Å². The molecular weight excluding hydrogens is 402 g/mol. The van der Waals surface area contributed by atoms with Gasteiger partial charge in [-0.25, -0.2) is 0 Å². The number of rotatable bonds is 10. The van der Waals surface area contributed by atoms with Crippen molar-refractivity contribution in [2.75, 3.05) is 19.6 Å². The maximum atomic E-state index is 13.3. The molecular formula is C26H41N3O3. The molecule has 1 aliphatic rings. The molecule has 6 nitrogen and oxygen atoms in total. The van der Waals surface area contributed by atoms with E-state index in [0.717, 1.165) is 18.4 Å². The van der Waals surface area contributed by atoms with Crippen molar-refractivity contribution in [3.05, 3.63) is 35.4 Å². The molecule has 1 aromatic carbocycles. The van der Waals surface area contributed by atoms with Gasteiger partial charge in [-0.05, 0) is 37.8 Å².